The highest BCUT2D eigenvalue weighted by Crippen LogP contribution is 2.37. The van der Waals surface area contributed by atoms with Crippen molar-refractivity contribution < 1.29 is 4.79 Å². The molecule has 0 amide bonds. The number of nitrogens with zero attached hydrogens (tertiary/aromatic N) is 1. The van der Waals surface area contributed by atoms with Gasteiger partial charge in [-0.1, -0.05) is 46.4 Å². The van der Waals surface area contributed by atoms with E-state index in [-0.39, 0.29) is 5.02 Å². The fourth-order valence-corrected chi connectivity index (χ4v) is 2.34. The van der Waals surface area contributed by atoms with Crippen LogP contribution in [0, 0.1) is 0 Å². The van der Waals surface area contributed by atoms with E-state index < -0.39 is 0 Å². The van der Waals surface area contributed by atoms with Crippen LogP contribution < -0.4 is 0 Å². The van der Waals surface area contributed by atoms with Gasteiger partial charge in [-0.15, -0.1) is 0 Å². The molecule has 0 N–H and O–H groups in total. The van der Waals surface area contributed by atoms with Gasteiger partial charge in [0.05, 0.1) is 25.8 Å². The van der Waals surface area contributed by atoms with E-state index in [2.05, 4.69) is 4.98 Å². The van der Waals surface area contributed by atoms with Crippen molar-refractivity contribution in [1.82, 2.24) is 4.98 Å². The summed E-state index contributed by atoms with van der Waals surface area (Å²) in [5.74, 6) is 0. The lowest BCUT2D eigenvalue weighted by molar-refractivity contribution is 0.112. The molecular formula is C12H5Cl4NO. The summed E-state index contributed by atoms with van der Waals surface area (Å²) in [6.07, 6.45) is 2.13. The summed E-state index contributed by atoms with van der Waals surface area (Å²) in [5.41, 5.74) is 1.26. The van der Waals surface area contributed by atoms with Crippen LogP contribution in [0.25, 0.3) is 11.3 Å². The average molecular weight is 321 g/mol. The maximum absolute atomic E-state index is 10.8. The summed E-state index contributed by atoms with van der Waals surface area (Å²) in [6, 6.07) is 4.59. The largest absolute Gasteiger partial charge is 0.298 e. The van der Waals surface area contributed by atoms with E-state index in [1.165, 1.54) is 18.3 Å². The first-order valence-electron chi connectivity index (χ1n) is 4.79. The van der Waals surface area contributed by atoms with Crippen LogP contribution in [-0.2, 0) is 0 Å². The van der Waals surface area contributed by atoms with Gasteiger partial charge in [0.25, 0.3) is 0 Å². The smallest absolute Gasteiger partial charge is 0.151 e. The third-order valence-corrected chi connectivity index (χ3v) is 3.74. The third-order valence-electron chi connectivity index (χ3n) is 2.31. The zero-order valence-corrected chi connectivity index (χ0v) is 11.8. The van der Waals surface area contributed by atoms with Crippen molar-refractivity contribution in [2.45, 2.75) is 0 Å². The molecule has 0 atom stereocenters. The van der Waals surface area contributed by atoms with Gasteiger partial charge in [0.15, 0.2) is 6.29 Å². The molecule has 0 saturated carbocycles. The van der Waals surface area contributed by atoms with Crippen molar-refractivity contribution in [3.8, 4) is 11.3 Å². The first-order chi connectivity index (χ1) is 8.54. The lowest BCUT2D eigenvalue weighted by Crippen LogP contribution is -1.91. The summed E-state index contributed by atoms with van der Waals surface area (Å²) >= 11 is 23.9. The van der Waals surface area contributed by atoms with Crippen LogP contribution in [0.15, 0.2) is 24.4 Å². The van der Waals surface area contributed by atoms with E-state index in [1.807, 2.05) is 0 Å². The van der Waals surface area contributed by atoms with Crippen molar-refractivity contribution in [3.63, 3.8) is 0 Å². The Kier molecular flexibility index (Phi) is 4.13. The van der Waals surface area contributed by atoms with Crippen LogP contribution in [-0.4, -0.2) is 11.3 Å². The lowest BCUT2D eigenvalue weighted by Gasteiger charge is -2.08. The molecule has 2 aromatic rings. The van der Waals surface area contributed by atoms with Crippen molar-refractivity contribution in [3.05, 3.63) is 50.0 Å². The minimum absolute atomic E-state index is 0.229. The number of halogens is 4. The number of aromatic nitrogens is 1. The van der Waals surface area contributed by atoms with Crippen LogP contribution in [0.3, 0.4) is 0 Å². The minimum atomic E-state index is 0.229. The summed E-state index contributed by atoms with van der Waals surface area (Å²) in [7, 11) is 0. The second-order valence-corrected chi connectivity index (χ2v) is 5.03. The second kappa shape index (κ2) is 5.45. The molecule has 0 unspecified atom stereocenters. The zero-order valence-electron chi connectivity index (χ0n) is 8.75. The molecular weight excluding hydrogens is 316 g/mol. The molecule has 2 nitrogen and oxygen atoms in total. The van der Waals surface area contributed by atoms with E-state index in [9.17, 15) is 4.79 Å². The Bertz CT molecular complexity index is 628. The SMILES string of the molecule is O=Cc1ccnc(-c2cc(Cl)c(Cl)cc2Cl)c1Cl. The number of carbonyl (C=O) groups excluding carboxylic acids is 1. The molecule has 0 saturated heterocycles. The maximum Gasteiger partial charge on any atom is 0.151 e. The second-order valence-electron chi connectivity index (χ2n) is 3.43. The molecule has 0 aliphatic heterocycles. The lowest BCUT2D eigenvalue weighted by atomic mass is 10.1. The van der Waals surface area contributed by atoms with E-state index >= 15 is 0 Å². The van der Waals surface area contributed by atoms with Crippen LogP contribution in [0.4, 0.5) is 0 Å². The van der Waals surface area contributed by atoms with E-state index in [0.717, 1.165) is 0 Å². The third kappa shape index (κ3) is 2.47. The molecule has 0 aliphatic carbocycles. The van der Waals surface area contributed by atoms with Gasteiger partial charge in [-0.2, -0.15) is 0 Å². The fourth-order valence-electron chi connectivity index (χ4n) is 1.44. The number of aldehydes is 1. The number of carbonyl (C=O) groups is 1. The standard InChI is InChI=1S/C12H5Cl4NO/c13-8-4-10(15)9(14)3-7(8)12-11(16)6(5-18)1-2-17-12/h1-5H. The molecule has 92 valence electrons. The molecule has 0 fully saturated rings. The monoisotopic (exact) mass is 319 g/mol. The molecule has 1 aromatic carbocycles. The van der Waals surface area contributed by atoms with Crippen LogP contribution in [0.5, 0.6) is 0 Å². The molecule has 6 heteroatoms. The first-order valence-corrected chi connectivity index (χ1v) is 6.30. The van der Waals surface area contributed by atoms with Gasteiger partial charge in [-0.05, 0) is 18.2 Å². The topological polar surface area (TPSA) is 30.0 Å². The first kappa shape index (κ1) is 13.6. The summed E-state index contributed by atoms with van der Waals surface area (Å²) < 4.78 is 0. The number of rotatable bonds is 2. The molecule has 1 aromatic heterocycles. The van der Waals surface area contributed by atoms with Gasteiger partial charge in [0, 0.05) is 17.3 Å². The molecule has 0 spiro atoms. The quantitative estimate of drug-likeness (QED) is 0.564. The molecule has 0 aliphatic rings. The van der Waals surface area contributed by atoms with Gasteiger partial charge in [0.2, 0.25) is 0 Å². The van der Waals surface area contributed by atoms with Crippen LogP contribution in [0.1, 0.15) is 10.4 Å². The summed E-state index contributed by atoms with van der Waals surface area (Å²) in [4.78, 5) is 14.9. The van der Waals surface area contributed by atoms with Crippen molar-refractivity contribution in [2.75, 3.05) is 0 Å². The minimum Gasteiger partial charge on any atom is -0.298 e. The molecule has 0 bridgehead atoms. The fraction of sp³-hybridized carbons (Fsp3) is 0. The number of hydrogen-bond acceptors (Lipinski definition) is 2. The Morgan fingerprint density at radius 3 is 2.33 bits per heavy atom. The van der Waals surface area contributed by atoms with E-state index in [4.69, 9.17) is 46.4 Å². The van der Waals surface area contributed by atoms with Crippen molar-refractivity contribution >= 4 is 52.7 Å². The van der Waals surface area contributed by atoms with Gasteiger partial charge < -0.3 is 0 Å². The predicted molar refractivity (Wildman–Crippen MR) is 75.1 cm³/mol. The van der Waals surface area contributed by atoms with Gasteiger partial charge >= 0.3 is 0 Å². The molecule has 18 heavy (non-hydrogen) atoms. The van der Waals surface area contributed by atoms with Gasteiger partial charge in [0.1, 0.15) is 0 Å². The zero-order chi connectivity index (χ0) is 13.3. The van der Waals surface area contributed by atoms with Crippen molar-refractivity contribution in [1.29, 1.82) is 0 Å². The van der Waals surface area contributed by atoms with E-state index in [0.29, 0.717) is 38.2 Å². The van der Waals surface area contributed by atoms with Gasteiger partial charge in [-0.3, -0.25) is 9.78 Å². The predicted octanol–water partition coefficient (Wildman–Crippen LogP) is 5.17. The number of hydrogen-bond donors (Lipinski definition) is 0. The highest BCUT2D eigenvalue weighted by molar-refractivity contribution is 6.44. The van der Waals surface area contributed by atoms with Crippen LogP contribution in [0.2, 0.25) is 20.1 Å². The normalized spacial score (nSPS) is 10.4. The average Bonchev–Trinajstić information content (AvgIpc) is 2.34. The molecule has 2 rings (SSSR count). The van der Waals surface area contributed by atoms with Crippen LogP contribution >= 0.6 is 46.4 Å². The Morgan fingerprint density at radius 2 is 1.67 bits per heavy atom. The summed E-state index contributed by atoms with van der Waals surface area (Å²) in [5, 5.41) is 1.27. The number of benzene rings is 1. The highest BCUT2D eigenvalue weighted by Gasteiger charge is 2.14. The maximum atomic E-state index is 10.8. The molecule has 1 heterocycles. The Morgan fingerprint density at radius 1 is 1.00 bits per heavy atom. The Hall–Kier alpha value is -0.800. The Labute approximate surface area is 123 Å². The van der Waals surface area contributed by atoms with Crippen molar-refractivity contribution in [2.24, 2.45) is 0 Å². The number of pyridine rings is 1. The highest BCUT2D eigenvalue weighted by atomic mass is 35.5. The van der Waals surface area contributed by atoms with Gasteiger partial charge in [-0.25, -0.2) is 0 Å². The molecule has 0 radical (unpaired) electrons. The van der Waals surface area contributed by atoms with E-state index in [1.54, 1.807) is 6.07 Å². The summed E-state index contributed by atoms with van der Waals surface area (Å²) in [6.45, 7) is 0. The Balaban J connectivity index is 2.69.